The van der Waals surface area contributed by atoms with Gasteiger partial charge in [0.05, 0.1) is 0 Å². The first-order valence-corrected chi connectivity index (χ1v) is 20.1. The quantitative estimate of drug-likeness (QED) is 0.159. The van der Waals surface area contributed by atoms with Gasteiger partial charge >= 0.3 is 0 Å². The summed E-state index contributed by atoms with van der Waals surface area (Å²) >= 11 is 0. The second-order valence-electron chi connectivity index (χ2n) is 16.6. The molecule has 1 nitrogen and oxygen atoms in total. The van der Waals surface area contributed by atoms with E-state index < -0.39 is 0 Å². The van der Waals surface area contributed by atoms with Crippen LogP contribution in [-0.2, 0) is 10.8 Å². The van der Waals surface area contributed by atoms with Gasteiger partial charge in [-0.3, -0.25) is 0 Å². The van der Waals surface area contributed by atoms with Crippen LogP contribution in [0.25, 0.3) is 44.5 Å². The van der Waals surface area contributed by atoms with Gasteiger partial charge in [-0.2, -0.15) is 0 Å². The van der Waals surface area contributed by atoms with E-state index in [2.05, 4.69) is 200 Å². The van der Waals surface area contributed by atoms with Gasteiger partial charge in [0.15, 0.2) is 0 Å². The summed E-state index contributed by atoms with van der Waals surface area (Å²) in [5.41, 5.74) is 25.3. The molecule has 0 bridgehead atoms. The van der Waals surface area contributed by atoms with Crippen LogP contribution in [0.1, 0.15) is 85.0 Å². The fourth-order valence-corrected chi connectivity index (χ4v) is 10.1. The van der Waals surface area contributed by atoms with Crippen LogP contribution in [-0.4, -0.2) is 0 Å². The van der Waals surface area contributed by atoms with E-state index in [9.17, 15) is 0 Å². The monoisotopic (exact) mass is 713 g/mol. The minimum Gasteiger partial charge on any atom is -0.310 e. The third kappa shape index (κ3) is 5.27. The van der Waals surface area contributed by atoms with E-state index in [-0.39, 0.29) is 10.8 Å². The molecule has 1 heteroatoms. The van der Waals surface area contributed by atoms with Crippen LogP contribution in [0.5, 0.6) is 0 Å². The third-order valence-corrected chi connectivity index (χ3v) is 13.4. The zero-order chi connectivity index (χ0) is 38.2. The van der Waals surface area contributed by atoms with Crippen molar-refractivity contribution < 1.29 is 0 Å². The summed E-state index contributed by atoms with van der Waals surface area (Å²) in [6, 6.07) is 52.5. The first kappa shape index (κ1) is 35.1. The fraction of sp³-hybridized carbons (Fsp3) is 0.222. The van der Waals surface area contributed by atoms with Crippen molar-refractivity contribution in [3.63, 3.8) is 0 Å². The molecule has 0 saturated carbocycles. The number of fused-ring (bicyclic) bond motifs is 6. The zero-order valence-electron chi connectivity index (χ0n) is 33.6. The number of benzene rings is 7. The van der Waals surface area contributed by atoms with Crippen LogP contribution >= 0.6 is 0 Å². The molecule has 0 radical (unpaired) electrons. The van der Waals surface area contributed by atoms with Crippen LogP contribution in [0.4, 0.5) is 17.1 Å². The molecule has 7 aromatic rings. The van der Waals surface area contributed by atoms with Crippen molar-refractivity contribution in [2.45, 2.75) is 79.1 Å². The molecule has 0 unspecified atom stereocenters. The van der Waals surface area contributed by atoms with Gasteiger partial charge < -0.3 is 4.90 Å². The smallest absolute Gasteiger partial charge is 0.0467 e. The molecule has 0 spiro atoms. The first-order valence-electron chi connectivity index (χ1n) is 20.1. The summed E-state index contributed by atoms with van der Waals surface area (Å²) < 4.78 is 0. The first-order chi connectivity index (χ1) is 26.6. The van der Waals surface area contributed by atoms with Crippen LogP contribution in [0.2, 0.25) is 0 Å². The molecule has 7 aromatic carbocycles. The fourth-order valence-electron chi connectivity index (χ4n) is 10.1. The molecule has 2 aliphatic rings. The second kappa shape index (κ2) is 13.0. The van der Waals surface area contributed by atoms with Crippen molar-refractivity contribution >= 4 is 17.1 Å². The third-order valence-electron chi connectivity index (χ3n) is 13.4. The van der Waals surface area contributed by atoms with Crippen molar-refractivity contribution in [1.82, 2.24) is 0 Å². The minimum absolute atomic E-state index is 0.00687. The van der Waals surface area contributed by atoms with E-state index in [0.29, 0.717) is 0 Å². The molecule has 2 aliphatic carbocycles. The van der Waals surface area contributed by atoms with Crippen molar-refractivity contribution in [2.75, 3.05) is 4.90 Å². The molecule has 55 heavy (non-hydrogen) atoms. The number of hydrogen-bond acceptors (Lipinski definition) is 1. The maximum absolute atomic E-state index is 2.50. The molecule has 0 amide bonds. The molecular formula is C54H51N. The summed E-state index contributed by atoms with van der Waals surface area (Å²) in [7, 11) is 0. The highest BCUT2D eigenvalue weighted by atomic mass is 15.1. The normalized spacial score (nSPS) is 14.3. The Morgan fingerprint density at radius 1 is 0.436 bits per heavy atom. The van der Waals surface area contributed by atoms with E-state index in [4.69, 9.17) is 0 Å². The predicted molar refractivity (Wildman–Crippen MR) is 235 cm³/mol. The molecular weight excluding hydrogens is 663 g/mol. The topological polar surface area (TPSA) is 3.24 Å². The van der Waals surface area contributed by atoms with Crippen molar-refractivity contribution in [3.8, 4) is 44.5 Å². The summed E-state index contributed by atoms with van der Waals surface area (Å²) in [5.74, 6) is 0. The van der Waals surface area contributed by atoms with Gasteiger partial charge in [-0.15, -0.1) is 0 Å². The van der Waals surface area contributed by atoms with Gasteiger partial charge in [-0.1, -0.05) is 131 Å². The van der Waals surface area contributed by atoms with Gasteiger partial charge in [-0.05, 0) is 166 Å². The number of anilines is 3. The van der Waals surface area contributed by atoms with Gasteiger partial charge in [0.1, 0.15) is 0 Å². The number of nitrogens with zero attached hydrogens (tertiary/aromatic N) is 1. The molecule has 0 atom stereocenters. The second-order valence-corrected chi connectivity index (χ2v) is 16.6. The van der Waals surface area contributed by atoms with Gasteiger partial charge in [0, 0.05) is 27.9 Å². The molecule has 0 aromatic heterocycles. The van der Waals surface area contributed by atoms with Crippen LogP contribution in [0.3, 0.4) is 0 Å². The molecule has 0 heterocycles. The predicted octanol–water partition coefficient (Wildman–Crippen LogP) is 15.1. The highest BCUT2D eigenvalue weighted by Crippen LogP contribution is 2.58. The van der Waals surface area contributed by atoms with E-state index in [1.54, 1.807) is 0 Å². The number of hydrogen-bond donors (Lipinski definition) is 0. The van der Waals surface area contributed by atoms with Gasteiger partial charge in [0.25, 0.3) is 0 Å². The highest BCUT2D eigenvalue weighted by Gasteiger charge is 2.43. The molecule has 0 fully saturated rings. The Kier molecular flexibility index (Phi) is 8.28. The van der Waals surface area contributed by atoms with Crippen LogP contribution in [0.15, 0.2) is 140 Å². The van der Waals surface area contributed by atoms with E-state index in [1.807, 2.05) is 0 Å². The lowest BCUT2D eigenvalue weighted by Crippen LogP contribution is -2.24. The SMILES string of the molecule is CCC1(CC)c2cc(C)c(C)cc2-c2c(-c3cccc(N(c4ccc(-c5ccccc5)cc4)c4ccc5c(c4)C(C)(C)c4ccccc4-5)c3)cc(C)c(C)c21. The lowest BCUT2D eigenvalue weighted by molar-refractivity contribution is 0.487. The Bertz CT molecular complexity index is 2620. The van der Waals surface area contributed by atoms with Gasteiger partial charge in [-0.25, -0.2) is 0 Å². The lowest BCUT2D eigenvalue weighted by atomic mass is 9.71. The summed E-state index contributed by atoms with van der Waals surface area (Å²) in [5, 5.41) is 0. The van der Waals surface area contributed by atoms with Crippen LogP contribution in [0, 0.1) is 27.7 Å². The Hall–Kier alpha value is -5.66. The van der Waals surface area contributed by atoms with Crippen LogP contribution < -0.4 is 4.90 Å². The van der Waals surface area contributed by atoms with Crippen molar-refractivity contribution in [3.05, 3.63) is 184 Å². The molecule has 0 aliphatic heterocycles. The summed E-state index contributed by atoms with van der Waals surface area (Å²) in [4.78, 5) is 2.46. The Labute approximate surface area is 328 Å². The molecule has 9 rings (SSSR count). The molecule has 272 valence electrons. The average molecular weight is 714 g/mol. The van der Waals surface area contributed by atoms with E-state index in [1.165, 1.54) is 94.7 Å². The summed E-state index contributed by atoms with van der Waals surface area (Å²) in [6.07, 6.45) is 2.17. The molecule has 0 saturated heterocycles. The maximum Gasteiger partial charge on any atom is 0.0467 e. The van der Waals surface area contributed by atoms with Crippen molar-refractivity contribution in [2.24, 2.45) is 0 Å². The lowest BCUT2D eigenvalue weighted by Gasteiger charge is -2.32. The Morgan fingerprint density at radius 3 is 1.78 bits per heavy atom. The average Bonchev–Trinajstić information content (AvgIpc) is 3.62. The number of rotatable bonds is 7. The van der Waals surface area contributed by atoms with Gasteiger partial charge in [0.2, 0.25) is 0 Å². The maximum atomic E-state index is 2.50. The largest absolute Gasteiger partial charge is 0.310 e. The van der Waals surface area contributed by atoms with E-state index >= 15 is 0 Å². The zero-order valence-corrected chi connectivity index (χ0v) is 33.6. The minimum atomic E-state index is -0.0957. The molecule has 0 N–H and O–H groups in total. The highest BCUT2D eigenvalue weighted by molar-refractivity contribution is 5.96. The van der Waals surface area contributed by atoms with E-state index in [0.717, 1.165) is 24.2 Å². The number of aryl methyl sites for hydroxylation is 3. The summed E-state index contributed by atoms with van der Waals surface area (Å²) in [6.45, 7) is 18.7. The van der Waals surface area contributed by atoms with Crippen molar-refractivity contribution in [1.29, 1.82) is 0 Å². The Morgan fingerprint density at radius 2 is 1.04 bits per heavy atom. The Balaban J connectivity index is 1.25. The standard InChI is InChI=1S/C54H51N/c1-9-54(10-2)50-31-35(4)34(3)29-47(50)51-46(30-36(5)37(6)52(51)54)40-19-16-20-42(32-40)55(41-25-23-39(24-26-41)38-17-12-11-13-18-38)43-27-28-45-44-21-14-15-22-48(44)53(7,8)49(45)33-43/h11-33H,9-10H2,1-8H3.